The van der Waals surface area contributed by atoms with E-state index in [1.165, 1.54) is 18.6 Å². The van der Waals surface area contributed by atoms with Crippen LogP contribution in [0.3, 0.4) is 0 Å². The van der Waals surface area contributed by atoms with Crippen LogP contribution in [-0.4, -0.2) is 15.7 Å². The van der Waals surface area contributed by atoms with E-state index < -0.39 is 0 Å². The first-order valence-corrected chi connectivity index (χ1v) is 9.70. The van der Waals surface area contributed by atoms with E-state index in [0.717, 1.165) is 25.7 Å². The minimum absolute atomic E-state index is 0.158. The molecule has 5 heteroatoms. The molecule has 1 aromatic heterocycles. The SMILES string of the molecule is Cc1c(/N=C(/C2C=CCCC2)C(C)C2CC=CCC2)[nH]c(=S)[nH]c1=O. The highest BCUT2D eigenvalue weighted by Crippen LogP contribution is 2.33. The Morgan fingerprint density at radius 2 is 2.08 bits per heavy atom. The highest BCUT2D eigenvalue weighted by Gasteiger charge is 2.27. The topological polar surface area (TPSA) is 61.0 Å². The molecule has 0 amide bonds. The lowest BCUT2D eigenvalue weighted by Crippen LogP contribution is -2.28. The molecule has 0 saturated carbocycles. The van der Waals surface area contributed by atoms with Gasteiger partial charge in [0.2, 0.25) is 0 Å². The Kier molecular flexibility index (Phi) is 5.84. The van der Waals surface area contributed by atoms with Gasteiger partial charge in [0.05, 0.1) is 5.56 Å². The number of nitrogens with one attached hydrogen (secondary N) is 2. The van der Waals surface area contributed by atoms with Crippen LogP contribution in [0.15, 0.2) is 34.1 Å². The van der Waals surface area contributed by atoms with Crippen molar-refractivity contribution in [1.82, 2.24) is 9.97 Å². The number of allylic oxidation sites excluding steroid dienone is 4. The smallest absolute Gasteiger partial charge is 0.256 e. The van der Waals surface area contributed by atoms with Crippen molar-refractivity contribution in [3.8, 4) is 0 Å². The third-order valence-corrected chi connectivity index (χ3v) is 5.72. The molecule has 3 unspecified atom stereocenters. The summed E-state index contributed by atoms with van der Waals surface area (Å²) in [6.07, 6.45) is 16.1. The van der Waals surface area contributed by atoms with E-state index >= 15 is 0 Å². The molecule has 0 saturated heterocycles. The molecule has 2 N–H and O–H groups in total. The Labute approximate surface area is 154 Å². The van der Waals surface area contributed by atoms with Crippen molar-refractivity contribution < 1.29 is 0 Å². The third kappa shape index (κ3) is 4.27. The summed E-state index contributed by atoms with van der Waals surface area (Å²) in [7, 11) is 0. The van der Waals surface area contributed by atoms with Crippen molar-refractivity contribution in [1.29, 1.82) is 0 Å². The van der Waals surface area contributed by atoms with Gasteiger partial charge in [0.1, 0.15) is 5.82 Å². The molecule has 0 bridgehead atoms. The van der Waals surface area contributed by atoms with E-state index in [1.54, 1.807) is 6.92 Å². The largest absolute Gasteiger partial charge is 0.317 e. The zero-order valence-corrected chi connectivity index (χ0v) is 15.9. The molecule has 1 aromatic rings. The summed E-state index contributed by atoms with van der Waals surface area (Å²) in [5.74, 6) is 1.97. The Hall–Kier alpha value is -1.75. The van der Waals surface area contributed by atoms with Gasteiger partial charge < -0.3 is 4.98 Å². The number of hydrogen-bond donors (Lipinski definition) is 2. The van der Waals surface area contributed by atoms with Gasteiger partial charge in [0.25, 0.3) is 5.56 Å². The second kappa shape index (κ2) is 8.09. The maximum absolute atomic E-state index is 12.1. The van der Waals surface area contributed by atoms with Gasteiger partial charge in [-0.25, -0.2) is 4.99 Å². The number of H-pyrrole nitrogens is 2. The van der Waals surface area contributed by atoms with Crippen molar-refractivity contribution in [3.05, 3.63) is 45.0 Å². The van der Waals surface area contributed by atoms with Crippen molar-refractivity contribution >= 4 is 23.7 Å². The number of aromatic amines is 2. The molecule has 25 heavy (non-hydrogen) atoms. The second-order valence-corrected chi connectivity index (χ2v) is 7.63. The minimum atomic E-state index is -0.158. The Morgan fingerprint density at radius 3 is 2.76 bits per heavy atom. The van der Waals surface area contributed by atoms with Crippen LogP contribution in [0.5, 0.6) is 0 Å². The maximum atomic E-state index is 12.1. The van der Waals surface area contributed by atoms with Crippen LogP contribution in [-0.2, 0) is 0 Å². The van der Waals surface area contributed by atoms with Gasteiger partial charge in [0.15, 0.2) is 4.77 Å². The summed E-state index contributed by atoms with van der Waals surface area (Å²) in [5.41, 5.74) is 1.63. The molecule has 0 spiro atoms. The first-order valence-electron chi connectivity index (χ1n) is 9.29. The van der Waals surface area contributed by atoms with Gasteiger partial charge in [-0.15, -0.1) is 0 Å². The molecular weight excluding hydrogens is 330 g/mol. The summed E-state index contributed by atoms with van der Waals surface area (Å²) in [4.78, 5) is 22.7. The second-order valence-electron chi connectivity index (χ2n) is 7.22. The third-order valence-electron chi connectivity index (χ3n) is 5.51. The lowest BCUT2D eigenvalue weighted by Gasteiger charge is -2.30. The standard InChI is InChI=1S/C20H27N3OS/c1-13(15-9-5-3-6-10-15)17(16-11-7-4-8-12-16)21-18-14(2)19(24)23-20(25)22-18/h3,5,7,11,13,15-16H,4,6,8-10,12H2,1-2H3,(H2,22,23,24,25)/b21-17+. The van der Waals surface area contributed by atoms with Gasteiger partial charge in [-0.3, -0.25) is 9.78 Å². The number of hydrogen-bond acceptors (Lipinski definition) is 3. The van der Waals surface area contributed by atoms with Crippen LogP contribution < -0.4 is 5.56 Å². The highest BCUT2D eigenvalue weighted by molar-refractivity contribution is 7.71. The first kappa shape index (κ1) is 18.1. The fourth-order valence-electron chi connectivity index (χ4n) is 3.87. The molecule has 4 nitrogen and oxygen atoms in total. The highest BCUT2D eigenvalue weighted by atomic mass is 32.1. The van der Waals surface area contributed by atoms with E-state index in [4.69, 9.17) is 17.2 Å². The van der Waals surface area contributed by atoms with Gasteiger partial charge in [0, 0.05) is 11.6 Å². The molecule has 3 atom stereocenters. The molecule has 3 rings (SSSR count). The fraction of sp³-hybridized carbons (Fsp3) is 0.550. The zero-order valence-electron chi connectivity index (χ0n) is 15.0. The van der Waals surface area contributed by atoms with Gasteiger partial charge in [-0.05, 0) is 69.5 Å². The fourth-order valence-corrected chi connectivity index (χ4v) is 4.06. The lowest BCUT2D eigenvalue weighted by atomic mass is 9.76. The molecule has 1 heterocycles. The Balaban J connectivity index is 2.02. The summed E-state index contributed by atoms with van der Waals surface area (Å²) >= 11 is 5.14. The number of nitrogens with zero attached hydrogens (tertiary/aromatic N) is 1. The molecule has 0 radical (unpaired) electrons. The van der Waals surface area contributed by atoms with Crippen LogP contribution in [0, 0.1) is 29.4 Å². The molecule has 0 aliphatic heterocycles. The van der Waals surface area contributed by atoms with Crippen molar-refractivity contribution in [2.75, 3.05) is 0 Å². The van der Waals surface area contributed by atoms with Crippen LogP contribution >= 0.6 is 12.2 Å². The summed E-state index contributed by atoms with van der Waals surface area (Å²) < 4.78 is 0.334. The minimum Gasteiger partial charge on any atom is -0.317 e. The van der Waals surface area contributed by atoms with Crippen molar-refractivity contribution in [3.63, 3.8) is 0 Å². The maximum Gasteiger partial charge on any atom is 0.256 e. The van der Waals surface area contributed by atoms with Crippen LogP contribution in [0.2, 0.25) is 0 Å². The number of aromatic nitrogens is 2. The van der Waals surface area contributed by atoms with Gasteiger partial charge in [-0.2, -0.15) is 0 Å². The van der Waals surface area contributed by atoms with Crippen LogP contribution in [0.1, 0.15) is 51.0 Å². The predicted molar refractivity (Wildman–Crippen MR) is 106 cm³/mol. The van der Waals surface area contributed by atoms with E-state index in [9.17, 15) is 4.79 Å². The summed E-state index contributed by atoms with van der Waals surface area (Å²) in [6.45, 7) is 4.09. The van der Waals surface area contributed by atoms with Crippen molar-refractivity contribution in [2.45, 2.75) is 52.4 Å². The number of aliphatic imine (C=N–C) groups is 1. The van der Waals surface area contributed by atoms with Crippen LogP contribution in [0.25, 0.3) is 0 Å². The summed E-state index contributed by atoms with van der Waals surface area (Å²) in [5, 5.41) is 0. The first-order chi connectivity index (χ1) is 12.1. The Morgan fingerprint density at radius 1 is 1.24 bits per heavy atom. The summed E-state index contributed by atoms with van der Waals surface area (Å²) in [6, 6.07) is 0. The predicted octanol–water partition coefficient (Wildman–Crippen LogP) is 5.16. The molecular formula is C20H27N3OS. The van der Waals surface area contributed by atoms with Gasteiger partial charge >= 0.3 is 0 Å². The van der Waals surface area contributed by atoms with Crippen LogP contribution in [0.4, 0.5) is 5.82 Å². The van der Waals surface area contributed by atoms with Crippen molar-refractivity contribution in [2.24, 2.45) is 22.7 Å². The average Bonchev–Trinajstić information content (AvgIpc) is 2.64. The van der Waals surface area contributed by atoms with E-state index in [2.05, 4.69) is 41.2 Å². The zero-order chi connectivity index (χ0) is 17.8. The van der Waals surface area contributed by atoms with E-state index in [1.807, 2.05) is 0 Å². The molecule has 0 fully saturated rings. The Bertz CT molecular complexity index is 815. The van der Waals surface area contributed by atoms with Gasteiger partial charge in [-0.1, -0.05) is 31.2 Å². The molecule has 134 valence electrons. The quantitative estimate of drug-likeness (QED) is 0.444. The molecule has 2 aliphatic rings. The normalized spacial score (nSPS) is 25.1. The number of rotatable bonds is 4. The van der Waals surface area contributed by atoms with E-state index in [0.29, 0.717) is 33.9 Å². The lowest BCUT2D eigenvalue weighted by molar-refractivity contribution is 0.395. The average molecular weight is 358 g/mol. The monoisotopic (exact) mass is 357 g/mol. The molecule has 2 aliphatic carbocycles. The van der Waals surface area contributed by atoms with E-state index in [-0.39, 0.29) is 5.56 Å². The molecule has 0 aromatic carbocycles.